The number of alkyl carbamates (subject to hydrolysis) is 1. The van der Waals surface area contributed by atoms with Gasteiger partial charge in [0, 0.05) is 6.54 Å². The molecule has 1 amide bonds. The lowest BCUT2D eigenvalue weighted by Crippen LogP contribution is -2.46. The lowest BCUT2D eigenvalue weighted by molar-refractivity contribution is 0.0983. The monoisotopic (exact) mass is 304 g/mol. The minimum atomic E-state index is -0.778. The second-order valence-electron chi connectivity index (χ2n) is 5.71. The molecule has 0 radical (unpaired) electrons. The van der Waals surface area contributed by atoms with E-state index in [4.69, 9.17) is 4.74 Å². The van der Waals surface area contributed by atoms with E-state index in [9.17, 15) is 9.90 Å². The lowest BCUT2D eigenvalue weighted by Gasteiger charge is -2.28. The van der Waals surface area contributed by atoms with E-state index in [1.54, 1.807) is 6.92 Å². The maximum atomic E-state index is 11.8. The lowest BCUT2D eigenvalue weighted by atomic mass is 10.0. The third kappa shape index (κ3) is 4.86. The van der Waals surface area contributed by atoms with Gasteiger partial charge >= 0.3 is 6.09 Å². The quantitative estimate of drug-likeness (QED) is 0.793. The van der Waals surface area contributed by atoms with Gasteiger partial charge in [0.15, 0.2) is 0 Å². The number of nitrogens with zero attached hydrogens (tertiary/aromatic N) is 1. The zero-order valence-electron chi connectivity index (χ0n) is 13.0. The summed E-state index contributed by atoms with van der Waals surface area (Å²) in [5.41, 5.74) is 0.780. The Kier molecular flexibility index (Phi) is 5.98. The summed E-state index contributed by atoms with van der Waals surface area (Å²) in [6.45, 7) is 7.76. The Labute approximate surface area is 131 Å². The van der Waals surface area contributed by atoms with E-state index < -0.39 is 18.2 Å². The van der Waals surface area contributed by atoms with Crippen LogP contribution in [0.5, 0.6) is 0 Å². The Morgan fingerprint density at radius 2 is 2.00 bits per heavy atom. The van der Waals surface area contributed by atoms with Crippen molar-refractivity contribution in [1.82, 2.24) is 10.2 Å². The molecule has 1 aromatic rings. The van der Waals surface area contributed by atoms with Crippen LogP contribution >= 0.6 is 0 Å². The number of aliphatic hydroxyl groups excluding tert-OH is 1. The Morgan fingerprint density at radius 1 is 1.36 bits per heavy atom. The number of aliphatic hydroxyl groups is 1. The molecule has 1 aliphatic heterocycles. The minimum absolute atomic E-state index is 0.326. The van der Waals surface area contributed by atoms with Crippen LogP contribution in [0.1, 0.15) is 31.4 Å². The molecular formula is C17H24N2O3. The van der Waals surface area contributed by atoms with Crippen LogP contribution in [0.2, 0.25) is 0 Å². The molecule has 0 aromatic heterocycles. The summed E-state index contributed by atoms with van der Waals surface area (Å²) in [5, 5.41) is 13.4. The topological polar surface area (TPSA) is 61.8 Å². The number of ether oxygens (including phenoxy) is 1. The van der Waals surface area contributed by atoms with Gasteiger partial charge in [-0.3, -0.25) is 0 Å². The fourth-order valence-corrected chi connectivity index (χ4v) is 2.69. The molecule has 1 fully saturated rings. The highest BCUT2D eigenvalue weighted by molar-refractivity contribution is 5.68. The number of carbonyl (C=O) groups excluding carboxylic acids is 1. The van der Waals surface area contributed by atoms with Crippen molar-refractivity contribution in [2.75, 3.05) is 19.6 Å². The van der Waals surface area contributed by atoms with Crippen molar-refractivity contribution in [3.05, 3.63) is 48.2 Å². The van der Waals surface area contributed by atoms with E-state index in [1.165, 1.54) is 0 Å². The van der Waals surface area contributed by atoms with Crippen LogP contribution in [0.15, 0.2) is 42.7 Å². The van der Waals surface area contributed by atoms with Crippen LogP contribution in [-0.4, -0.2) is 41.8 Å². The highest BCUT2D eigenvalue weighted by atomic mass is 16.6. The number of hydrogen-bond acceptors (Lipinski definition) is 4. The molecule has 0 unspecified atom stereocenters. The fraction of sp³-hybridized carbons (Fsp3) is 0.471. The first-order chi connectivity index (χ1) is 10.6. The number of amides is 1. The molecule has 1 saturated heterocycles. The Morgan fingerprint density at radius 3 is 2.59 bits per heavy atom. The molecule has 120 valence electrons. The normalized spacial score (nSPS) is 17.7. The molecule has 2 N–H and O–H groups in total. The zero-order valence-corrected chi connectivity index (χ0v) is 13.0. The van der Waals surface area contributed by atoms with Crippen molar-refractivity contribution in [3.8, 4) is 0 Å². The first kappa shape index (κ1) is 16.5. The molecule has 5 heteroatoms. The third-order valence-electron chi connectivity index (χ3n) is 3.75. The summed E-state index contributed by atoms with van der Waals surface area (Å²) in [7, 11) is 0. The SMILES string of the molecule is C=C(C)OC(=O)N[C@H](CN1CCCC1)[C@H](O)c1ccccc1. The van der Waals surface area contributed by atoms with E-state index in [0.717, 1.165) is 31.5 Å². The van der Waals surface area contributed by atoms with Gasteiger partial charge in [-0.05, 0) is 38.4 Å². The Bertz CT molecular complexity index is 498. The highest BCUT2D eigenvalue weighted by Crippen LogP contribution is 2.19. The highest BCUT2D eigenvalue weighted by Gasteiger charge is 2.27. The molecule has 1 heterocycles. The van der Waals surface area contributed by atoms with Crippen molar-refractivity contribution < 1.29 is 14.6 Å². The third-order valence-corrected chi connectivity index (χ3v) is 3.75. The van der Waals surface area contributed by atoms with Gasteiger partial charge in [-0.1, -0.05) is 36.9 Å². The van der Waals surface area contributed by atoms with Gasteiger partial charge in [0.2, 0.25) is 0 Å². The van der Waals surface area contributed by atoms with Crippen LogP contribution in [0.4, 0.5) is 4.79 Å². The number of allylic oxidation sites excluding steroid dienone is 1. The van der Waals surface area contributed by atoms with Gasteiger partial charge in [-0.15, -0.1) is 0 Å². The van der Waals surface area contributed by atoms with E-state index in [1.807, 2.05) is 30.3 Å². The van der Waals surface area contributed by atoms with Gasteiger partial charge < -0.3 is 20.1 Å². The van der Waals surface area contributed by atoms with Crippen molar-refractivity contribution >= 4 is 6.09 Å². The molecule has 22 heavy (non-hydrogen) atoms. The summed E-state index contributed by atoms with van der Waals surface area (Å²) in [4.78, 5) is 14.1. The standard InChI is InChI=1S/C17H24N2O3/c1-13(2)22-17(21)18-15(12-19-10-6-7-11-19)16(20)14-8-4-3-5-9-14/h3-5,8-9,15-16,20H,1,6-7,10-12H2,2H3,(H,18,21)/t15-,16-/m1/s1. The largest absolute Gasteiger partial charge is 0.416 e. The molecule has 0 bridgehead atoms. The van der Waals surface area contributed by atoms with E-state index in [0.29, 0.717) is 12.3 Å². The number of rotatable bonds is 6. The summed E-state index contributed by atoms with van der Waals surface area (Å²) in [5.74, 6) is 0.326. The number of carbonyl (C=O) groups is 1. The molecule has 0 saturated carbocycles. The molecule has 2 atom stereocenters. The first-order valence-electron chi connectivity index (χ1n) is 7.65. The second-order valence-corrected chi connectivity index (χ2v) is 5.71. The molecule has 5 nitrogen and oxygen atoms in total. The molecule has 1 aliphatic rings. The maximum Gasteiger partial charge on any atom is 0.412 e. The molecule has 0 aliphatic carbocycles. The summed E-state index contributed by atoms with van der Waals surface area (Å²) in [6, 6.07) is 8.93. The van der Waals surface area contributed by atoms with E-state index in [-0.39, 0.29) is 0 Å². The van der Waals surface area contributed by atoms with Gasteiger partial charge in [0.05, 0.1) is 11.8 Å². The average molecular weight is 304 g/mol. The van der Waals surface area contributed by atoms with Gasteiger partial charge in [0.25, 0.3) is 0 Å². The number of benzene rings is 1. The van der Waals surface area contributed by atoms with Crippen molar-refractivity contribution in [1.29, 1.82) is 0 Å². The predicted octanol–water partition coefficient (Wildman–Crippen LogP) is 2.44. The number of hydrogen-bond donors (Lipinski definition) is 2. The van der Waals surface area contributed by atoms with Gasteiger partial charge in [-0.2, -0.15) is 0 Å². The first-order valence-corrected chi connectivity index (χ1v) is 7.65. The van der Waals surface area contributed by atoms with Crippen LogP contribution < -0.4 is 5.32 Å². The molecule has 0 spiro atoms. The molecule has 2 rings (SSSR count). The van der Waals surface area contributed by atoms with Crippen LogP contribution in [0, 0.1) is 0 Å². The smallest absolute Gasteiger partial charge is 0.412 e. The van der Waals surface area contributed by atoms with Gasteiger partial charge in [0.1, 0.15) is 6.10 Å². The van der Waals surface area contributed by atoms with Crippen molar-refractivity contribution in [2.45, 2.75) is 31.9 Å². The summed E-state index contributed by atoms with van der Waals surface area (Å²) in [6.07, 6.45) is 0.959. The Balaban J connectivity index is 2.05. The number of likely N-dealkylation sites (tertiary alicyclic amines) is 1. The van der Waals surface area contributed by atoms with Crippen molar-refractivity contribution in [3.63, 3.8) is 0 Å². The second kappa shape index (κ2) is 7.96. The van der Waals surface area contributed by atoms with Gasteiger partial charge in [-0.25, -0.2) is 4.79 Å². The zero-order chi connectivity index (χ0) is 15.9. The average Bonchev–Trinajstić information content (AvgIpc) is 2.99. The number of nitrogens with one attached hydrogen (secondary N) is 1. The fourth-order valence-electron chi connectivity index (χ4n) is 2.69. The minimum Gasteiger partial charge on any atom is -0.416 e. The Hall–Kier alpha value is -1.85. The molecular weight excluding hydrogens is 280 g/mol. The van der Waals surface area contributed by atoms with E-state index >= 15 is 0 Å². The van der Waals surface area contributed by atoms with Crippen LogP contribution in [0.3, 0.4) is 0 Å². The van der Waals surface area contributed by atoms with E-state index in [2.05, 4.69) is 16.8 Å². The maximum absolute atomic E-state index is 11.8. The summed E-state index contributed by atoms with van der Waals surface area (Å²) >= 11 is 0. The van der Waals surface area contributed by atoms with Crippen LogP contribution in [0.25, 0.3) is 0 Å². The molecule has 1 aromatic carbocycles. The predicted molar refractivity (Wildman–Crippen MR) is 85.3 cm³/mol. The van der Waals surface area contributed by atoms with Crippen molar-refractivity contribution in [2.24, 2.45) is 0 Å². The van der Waals surface area contributed by atoms with Crippen LogP contribution in [-0.2, 0) is 4.74 Å². The summed E-state index contributed by atoms with van der Waals surface area (Å²) < 4.78 is 4.96.